The van der Waals surface area contributed by atoms with Crippen LogP contribution in [0.15, 0.2) is 255 Å². The Morgan fingerprint density at radius 1 is 0.308 bits per heavy atom. The Morgan fingerprint density at radius 2 is 0.831 bits per heavy atom. The summed E-state index contributed by atoms with van der Waals surface area (Å²) in [5, 5.41) is 5.07. The van der Waals surface area contributed by atoms with E-state index in [4.69, 9.17) is 0 Å². The molecule has 0 aliphatic heterocycles. The third-order valence-corrected chi connectivity index (χ3v) is 13.8. The van der Waals surface area contributed by atoms with Gasteiger partial charge < -0.3 is 4.90 Å². The van der Waals surface area contributed by atoms with E-state index < -0.39 is 0 Å². The zero-order valence-electron chi connectivity index (χ0n) is 36.2. The number of hydrogen-bond donors (Lipinski definition) is 0. The van der Waals surface area contributed by atoms with Crippen molar-refractivity contribution in [3.05, 3.63) is 271 Å². The lowest BCUT2D eigenvalue weighted by molar-refractivity contribution is 0.714. The van der Waals surface area contributed by atoms with Crippen molar-refractivity contribution in [1.82, 2.24) is 0 Å². The SMILES string of the molecule is CC1(c2ccccc2)c2ccccc2-c2c(N(c3ccc(-c4ccc5c(ccc6ccccc65)c4)cc3)c3ccccc3-c3ccccc3-c3ccccc3-c3ccccc3)cccc21. The molecular formula is C64H45N. The number of hydrogen-bond acceptors (Lipinski definition) is 1. The molecule has 306 valence electrons. The van der Waals surface area contributed by atoms with Crippen LogP contribution < -0.4 is 4.90 Å². The van der Waals surface area contributed by atoms with Gasteiger partial charge in [-0.15, -0.1) is 0 Å². The fourth-order valence-electron chi connectivity index (χ4n) is 10.6. The van der Waals surface area contributed by atoms with E-state index in [-0.39, 0.29) is 5.41 Å². The Bertz CT molecular complexity index is 3550. The summed E-state index contributed by atoms with van der Waals surface area (Å²) in [6.07, 6.45) is 0. The van der Waals surface area contributed by atoms with E-state index >= 15 is 0 Å². The maximum Gasteiger partial charge on any atom is 0.0543 e. The molecule has 0 amide bonds. The summed E-state index contributed by atoms with van der Waals surface area (Å²) >= 11 is 0. The molecule has 1 aliphatic rings. The van der Waals surface area contributed by atoms with Crippen LogP contribution in [0, 0.1) is 0 Å². The van der Waals surface area contributed by atoms with Gasteiger partial charge in [0.15, 0.2) is 0 Å². The first kappa shape index (κ1) is 38.4. The quantitative estimate of drug-likeness (QED) is 0.138. The second kappa shape index (κ2) is 15.8. The minimum absolute atomic E-state index is 0.340. The number of para-hydroxylation sites is 1. The summed E-state index contributed by atoms with van der Waals surface area (Å²) in [7, 11) is 0. The normalized spacial score (nSPS) is 14.0. The van der Waals surface area contributed by atoms with Crippen molar-refractivity contribution >= 4 is 38.6 Å². The van der Waals surface area contributed by atoms with Crippen molar-refractivity contribution in [1.29, 1.82) is 0 Å². The largest absolute Gasteiger partial charge is 0.309 e. The van der Waals surface area contributed by atoms with Crippen LogP contribution in [0.3, 0.4) is 0 Å². The number of benzene rings is 11. The van der Waals surface area contributed by atoms with Crippen LogP contribution in [-0.2, 0) is 5.41 Å². The molecule has 0 N–H and O–H groups in total. The molecule has 0 radical (unpaired) electrons. The number of anilines is 3. The molecule has 0 bridgehead atoms. The Morgan fingerprint density at radius 3 is 1.60 bits per heavy atom. The first-order valence-corrected chi connectivity index (χ1v) is 22.6. The molecule has 1 atom stereocenters. The molecule has 0 fully saturated rings. The number of nitrogens with zero attached hydrogens (tertiary/aromatic N) is 1. The van der Waals surface area contributed by atoms with E-state index in [0.29, 0.717) is 0 Å². The van der Waals surface area contributed by atoms with Crippen LogP contribution >= 0.6 is 0 Å². The second-order valence-electron chi connectivity index (χ2n) is 17.3. The first-order valence-electron chi connectivity index (χ1n) is 22.6. The molecule has 0 spiro atoms. The van der Waals surface area contributed by atoms with Crippen molar-refractivity contribution in [2.45, 2.75) is 12.3 Å². The van der Waals surface area contributed by atoms with Crippen molar-refractivity contribution < 1.29 is 0 Å². The zero-order chi connectivity index (χ0) is 43.3. The first-order chi connectivity index (χ1) is 32.1. The molecule has 1 nitrogen and oxygen atoms in total. The summed E-state index contributed by atoms with van der Waals surface area (Å²) in [6, 6.07) is 93.6. The Kier molecular flexibility index (Phi) is 9.35. The molecule has 0 saturated heterocycles. The molecule has 65 heavy (non-hydrogen) atoms. The predicted octanol–water partition coefficient (Wildman–Crippen LogP) is 17.5. The van der Waals surface area contributed by atoms with Gasteiger partial charge in [0.05, 0.1) is 11.4 Å². The van der Waals surface area contributed by atoms with Gasteiger partial charge in [-0.05, 0) is 120 Å². The van der Waals surface area contributed by atoms with Crippen molar-refractivity contribution in [3.63, 3.8) is 0 Å². The lowest BCUT2D eigenvalue weighted by Gasteiger charge is -2.32. The molecule has 0 saturated carbocycles. The van der Waals surface area contributed by atoms with Crippen molar-refractivity contribution in [2.75, 3.05) is 4.90 Å². The average molecular weight is 828 g/mol. The van der Waals surface area contributed by atoms with E-state index in [1.807, 2.05) is 0 Å². The maximum absolute atomic E-state index is 2.51. The minimum Gasteiger partial charge on any atom is -0.309 e. The molecule has 1 unspecified atom stereocenters. The topological polar surface area (TPSA) is 3.24 Å². The fourth-order valence-corrected chi connectivity index (χ4v) is 10.6. The van der Waals surface area contributed by atoms with Crippen LogP contribution in [0.25, 0.3) is 77.2 Å². The number of rotatable bonds is 8. The summed E-state index contributed by atoms with van der Waals surface area (Å²) in [4.78, 5) is 2.51. The van der Waals surface area contributed by atoms with E-state index in [1.165, 1.54) is 88.3 Å². The fraction of sp³-hybridized carbons (Fsp3) is 0.0312. The summed E-state index contributed by atoms with van der Waals surface area (Å²) in [5.41, 5.74) is 19.0. The van der Waals surface area contributed by atoms with Gasteiger partial charge in [0.2, 0.25) is 0 Å². The third-order valence-electron chi connectivity index (χ3n) is 13.8. The van der Waals surface area contributed by atoms with Crippen LogP contribution in [0.5, 0.6) is 0 Å². The van der Waals surface area contributed by atoms with Gasteiger partial charge in [0.25, 0.3) is 0 Å². The van der Waals surface area contributed by atoms with E-state index in [0.717, 1.165) is 22.6 Å². The molecule has 1 heteroatoms. The van der Waals surface area contributed by atoms with Crippen molar-refractivity contribution in [3.8, 4) is 55.6 Å². The molecule has 11 aromatic rings. The van der Waals surface area contributed by atoms with Gasteiger partial charge in [0, 0.05) is 22.2 Å². The van der Waals surface area contributed by atoms with E-state index in [9.17, 15) is 0 Å². The average Bonchev–Trinajstić information content (AvgIpc) is 3.66. The van der Waals surface area contributed by atoms with Gasteiger partial charge in [-0.2, -0.15) is 0 Å². The minimum atomic E-state index is -0.340. The standard InChI is InChI=1S/C64H45N/c1-64(49-22-6-3-7-23-49)59-31-16-14-30-58(59)63-60(64)32-18-34-62(63)65(50-40-37-44(38-41-50)47-39-42-53-48(43-47)36-35-46-21-8-9-24-51(46)53)61-33-17-15-29-57(61)56-28-13-12-27-55(56)54-26-11-10-25-52(54)45-19-4-2-5-20-45/h2-43H,1H3. The van der Waals surface area contributed by atoms with E-state index in [2.05, 4.69) is 267 Å². The molecule has 0 aromatic heterocycles. The lowest BCUT2D eigenvalue weighted by Crippen LogP contribution is -2.22. The van der Waals surface area contributed by atoms with Gasteiger partial charge in [-0.25, -0.2) is 0 Å². The Hall–Kier alpha value is -8.26. The molecular weight excluding hydrogens is 783 g/mol. The predicted molar refractivity (Wildman–Crippen MR) is 275 cm³/mol. The van der Waals surface area contributed by atoms with Gasteiger partial charge in [0.1, 0.15) is 0 Å². The maximum atomic E-state index is 2.51. The lowest BCUT2D eigenvalue weighted by atomic mass is 9.74. The third kappa shape index (κ3) is 6.39. The summed E-state index contributed by atoms with van der Waals surface area (Å²) in [6.45, 7) is 2.40. The highest BCUT2D eigenvalue weighted by molar-refractivity contribution is 6.08. The van der Waals surface area contributed by atoms with E-state index in [1.54, 1.807) is 0 Å². The Balaban J connectivity index is 1.07. The molecule has 12 rings (SSSR count). The molecule has 0 heterocycles. The van der Waals surface area contributed by atoms with Gasteiger partial charge in [-0.1, -0.05) is 224 Å². The number of fused-ring (bicyclic) bond motifs is 6. The monoisotopic (exact) mass is 827 g/mol. The van der Waals surface area contributed by atoms with Gasteiger partial charge in [-0.3, -0.25) is 0 Å². The van der Waals surface area contributed by atoms with Crippen LogP contribution in [-0.4, -0.2) is 0 Å². The van der Waals surface area contributed by atoms with Crippen molar-refractivity contribution in [2.24, 2.45) is 0 Å². The van der Waals surface area contributed by atoms with Crippen LogP contribution in [0.1, 0.15) is 23.6 Å². The molecule has 1 aliphatic carbocycles. The highest BCUT2D eigenvalue weighted by Crippen LogP contribution is 2.57. The summed E-state index contributed by atoms with van der Waals surface area (Å²) < 4.78 is 0. The summed E-state index contributed by atoms with van der Waals surface area (Å²) in [5.74, 6) is 0. The second-order valence-corrected chi connectivity index (χ2v) is 17.3. The highest BCUT2D eigenvalue weighted by atomic mass is 15.1. The van der Waals surface area contributed by atoms with Gasteiger partial charge >= 0.3 is 0 Å². The Labute approximate surface area is 381 Å². The highest BCUT2D eigenvalue weighted by Gasteiger charge is 2.42. The van der Waals surface area contributed by atoms with Crippen LogP contribution in [0.4, 0.5) is 17.1 Å². The zero-order valence-corrected chi connectivity index (χ0v) is 36.2. The van der Waals surface area contributed by atoms with Crippen LogP contribution in [0.2, 0.25) is 0 Å². The smallest absolute Gasteiger partial charge is 0.0543 e. The molecule has 11 aromatic carbocycles.